The number of oxime groups is 1. The van der Waals surface area contributed by atoms with Gasteiger partial charge in [0.2, 0.25) is 0 Å². The van der Waals surface area contributed by atoms with Crippen LogP contribution in [0.5, 0.6) is 0 Å². The maximum atomic E-state index is 8.67. The molecule has 5 nitrogen and oxygen atoms in total. The Kier molecular flexibility index (Phi) is 4.14. The number of nitrogens with two attached hydrogens (primary N) is 1. The van der Waals surface area contributed by atoms with Gasteiger partial charge in [0, 0.05) is 17.2 Å². The largest absolute Gasteiger partial charge is 1.00 e. The van der Waals surface area contributed by atoms with E-state index in [1.165, 1.54) is 0 Å². The number of nitrogens with zero attached hydrogens (tertiary/aromatic N) is 3. The summed E-state index contributed by atoms with van der Waals surface area (Å²) in [6.45, 7) is 0. The van der Waals surface area contributed by atoms with Gasteiger partial charge in [-0.3, -0.25) is 0 Å². The Balaban J connectivity index is 0.00000161. The summed E-state index contributed by atoms with van der Waals surface area (Å²) in [7, 11) is 2.03. The smallest absolute Gasteiger partial charge is 0.286 e. The van der Waals surface area contributed by atoms with Crippen molar-refractivity contribution in [2.24, 2.45) is 17.9 Å². The minimum atomic E-state index is 0. The van der Waals surface area contributed by atoms with Crippen molar-refractivity contribution in [1.82, 2.24) is 4.57 Å². The number of amidine groups is 1. The van der Waals surface area contributed by atoms with E-state index in [4.69, 9.17) is 10.9 Å². The third-order valence-corrected chi connectivity index (χ3v) is 3.42. The van der Waals surface area contributed by atoms with Gasteiger partial charge in [-0.1, -0.05) is 23.4 Å². The Morgan fingerprint density at radius 3 is 2.52 bits per heavy atom. The van der Waals surface area contributed by atoms with E-state index in [1.807, 2.05) is 49.6 Å². The molecule has 6 heteroatoms. The molecular formula is C15H15ClN4O. The zero-order valence-corrected chi connectivity index (χ0v) is 12.2. The van der Waals surface area contributed by atoms with E-state index in [1.54, 1.807) is 0 Å². The molecule has 3 aromatic rings. The van der Waals surface area contributed by atoms with Crippen LogP contribution in [0.25, 0.3) is 16.9 Å². The van der Waals surface area contributed by atoms with Crippen molar-refractivity contribution in [2.75, 3.05) is 0 Å². The highest BCUT2D eigenvalue weighted by Gasteiger charge is 2.15. The topological polar surface area (TPSA) is 67.6 Å². The lowest BCUT2D eigenvalue weighted by Crippen LogP contribution is -3.00. The molecule has 0 radical (unpaired) electrons. The predicted molar refractivity (Wildman–Crippen MR) is 76.5 cm³/mol. The number of halogens is 1. The molecule has 0 fully saturated rings. The van der Waals surface area contributed by atoms with Gasteiger partial charge in [-0.15, -0.1) is 0 Å². The van der Waals surface area contributed by atoms with E-state index in [9.17, 15) is 0 Å². The van der Waals surface area contributed by atoms with Gasteiger partial charge in [0.15, 0.2) is 11.5 Å². The quantitative estimate of drug-likeness (QED) is 0.200. The minimum Gasteiger partial charge on any atom is -1.00 e. The SMILES string of the molecule is Cn1c(-c2ccc(C(N)=NO)cc2)c[n+]2ccccc12.[Cl-]. The van der Waals surface area contributed by atoms with Crippen LogP contribution < -0.4 is 22.5 Å². The van der Waals surface area contributed by atoms with Gasteiger partial charge in [0.25, 0.3) is 5.65 Å². The van der Waals surface area contributed by atoms with Gasteiger partial charge in [-0.25, -0.2) is 8.97 Å². The number of imidazole rings is 1. The van der Waals surface area contributed by atoms with Crippen LogP contribution in [0.2, 0.25) is 0 Å². The molecule has 21 heavy (non-hydrogen) atoms. The summed E-state index contributed by atoms with van der Waals surface area (Å²) in [5, 5.41) is 11.7. The van der Waals surface area contributed by atoms with Crippen LogP contribution in [0.4, 0.5) is 0 Å². The summed E-state index contributed by atoms with van der Waals surface area (Å²) in [6.07, 6.45) is 4.09. The van der Waals surface area contributed by atoms with Crippen LogP contribution in [-0.2, 0) is 7.05 Å². The normalized spacial score (nSPS) is 11.4. The fourth-order valence-corrected chi connectivity index (χ4v) is 2.32. The monoisotopic (exact) mass is 302 g/mol. The first-order valence-corrected chi connectivity index (χ1v) is 6.25. The van der Waals surface area contributed by atoms with Gasteiger partial charge in [0.05, 0.1) is 13.2 Å². The first-order valence-electron chi connectivity index (χ1n) is 6.25. The third kappa shape index (κ3) is 2.55. The lowest BCUT2D eigenvalue weighted by Gasteiger charge is -2.00. The molecule has 0 aliphatic carbocycles. The minimum absolute atomic E-state index is 0. The zero-order chi connectivity index (χ0) is 14.1. The molecule has 3 rings (SSSR count). The van der Waals surface area contributed by atoms with Gasteiger partial charge in [0.1, 0.15) is 6.20 Å². The number of hydrogen-bond acceptors (Lipinski definition) is 2. The second-order valence-electron chi connectivity index (χ2n) is 4.60. The number of pyridine rings is 1. The summed E-state index contributed by atoms with van der Waals surface area (Å²) < 4.78 is 4.20. The Morgan fingerprint density at radius 2 is 1.90 bits per heavy atom. The Labute approximate surface area is 128 Å². The van der Waals surface area contributed by atoms with Crippen molar-refractivity contribution in [1.29, 1.82) is 0 Å². The van der Waals surface area contributed by atoms with Crippen molar-refractivity contribution >= 4 is 11.5 Å². The van der Waals surface area contributed by atoms with Crippen molar-refractivity contribution in [3.8, 4) is 11.3 Å². The van der Waals surface area contributed by atoms with Crippen LogP contribution in [0.15, 0.2) is 60.0 Å². The first-order chi connectivity index (χ1) is 9.70. The molecule has 0 saturated heterocycles. The summed E-state index contributed by atoms with van der Waals surface area (Å²) >= 11 is 0. The van der Waals surface area contributed by atoms with Crippen molar-refractivity contribution in [3.05, 3.63) is 60.4 Å². The number of aromatic nitrogens is 2. The molecule has 3 N–H and O–H groups in total. The predicted octanol–water partition coefficient (Wildman–Crippen LogP) is -1.47. The molecule has 0 atom stereocenters. The molecule has 0 bridgehead atoms. The highest BCUT2D eigenvalue weighted by atomic mass is 35.5. The van der Waals surface area contributed by atoms with Gasteiger partial charge < -0.3 is 23.3 Å². The molecule has 2 aromatic heterocycles. The highest BCUT2D eigenvalue weighted by molar-refractivity contribution is 5.97. The lowest BCUT2D eigenvalue weighted by atomic mass is 10.1. The van der Waals surface area contributed by atoms with Gasteiger partial charge in [-0.05, 0) is 18.2 Å². The Hall–Kier alpha value is -2.53. The molecular weight excluding hydrogens is 288 g/mol. The summed E-state index contributed by atoms with van der Waals surface area (Å²) in [5.41, 5.74) is 9.55. The number of benzene rings is 1. The van der Waals surface area contributed by atoms with E-state index in [-0.39, 0.29) is 18.2 Å². The molecule has 0 unspecified atom stereocenters. The van der Waals surface area contributed by atoms with Crippen LogP contribution in [0.3, 0.4) is 0 Å². The summed E-state index contributed by atoms with van der Waals surface area (Å²) in [6, 6.07) is 13.7. The van der Waals surface area contributed by atoms with E-state index in [0.29, 0.717) is 5.56 Å². The standard InChI is InChI=1S/C15H14N4O.ClH/c1-18-13(10-19-9-3-2-4-14(18)19)11-5-7-12(8-6-11)15(16)17-20;/h2-10H,1H3,(H2-,16,17,20);1H. The van der Waals surface area contributed by atoms with Crippen LogP contribution in [-0.4, -0.2) is 15.6 Å². The molecule has 0 amide bonds. The fourth-order valence-electron chi connectivity index (χ4n) is 2.32. The average Bonchev–Trinajstić information content (AvgIpc) is 2.84. The fraction of sp³-hybridized carbons (Fsp3) is 0.0667. The van der Waals surface area contributed by atoms with Crippen LogP contribution >= 0.6 is 0 Å². The second kappa shape index (κ2) is 5.85. The number of hydrogen-bond donors (Lipinski definition) is 2. The maximum Gasteiger partial charge on any atom is 0.286 e. The second-order valence-corrected chi connectivity index (χ2v) is 4.60. The molecule has 108 valence electrons. The maximum absolute atomic E-state index is 8.67. The molecule has 0 aliphatic heterocycles. The molecule has 0 saturated carbocycles. The molecule has 2 heterocycles. The van der Waals surface area contributed by atoms with E-state index in [2.05, 4.69) is 26.4 Å². The van der Waals surface area contributed by atoms with E-state index < -0.39 is 0 Å². The van der Waals surface area contributed by atoms with E-state index in [0.717, 1.165) is 16.9 Å². The number of aryl methyl sites for hydroxylation is 1. The molecule has 1 aromatic carbocycles. The van der Waals surface area contributed by atoms with Crippen molar-refractivity contribution in [3.63, 3.8) is 0 Å². The van der Waals surface area contributed by atoms with Gasteiger partial charge in [-0.2, -0.15) is 0 Å². The van der Waals surface area contributed by atoms with Crippen LogP contribution in [0, 0.1) is 0 Å². The van der Waals surface area contributed by atoms with Crippen molar-refractivity contribution in [2.45, 2.75) is 0 Å². The molecule has 0 aliphatic rings. The Morgan fingerprint density at radius 1 is 1.19 bits per heavy atom. The van der Waals surface area contributed by atoms with Crippen LogP contribution in [0.1, 0.15) is 5.56 Å². The summed E-state index contributed by atoms with van der Waals surface area (Å²) in [4.78, 5) is 0. The highest BCUT2D eigenvalue weighted by Crippen LogP contribution is 2.20. The lowest BCUT2D eigenvalue weighted by molar-refractivity contribution is -0.510. The van der Waals surface area contributed by atoms with Gasteiger partial charge >= 0.3 is 0 Å². The average molecular weight is 303 g/mol. The zero-order valence-electron chi connectivity index (χ0n) is 11.4. The number of fused-ring (bicyclic) bond motifs is 1. The summed E-state index contributed by atoms with van der Waals surface area (Å²) in [5.74, 6) is 0.114. The molecule has 0 spiro atoms. The number of rotatable bonds is 2. The first kappa shape index (κ1) is 14.9. The third-order valence-electron chi connectivity index (χ3n) is 3.42. The van der Waals surface area contributed by atoms with E-state index >= 15 is 0 Å². The Bertz CT molecular complexity index is 793. The van der Waals surface area contributed by atoms with Crippen molar-refractivity contribution < 1.29 is 22.0 Å².